The van der Waals surface area contributed by atoms with Crippen LogP contribution in [0, 0.1) is 17.6 Å². The first-order valence-electron chi connectivity index (χ1n) is 10.1. The molecule has 0 bridgehead atoms. The van der Waals surface area contributed by atoms with Gasteiger partial charge in [-0.3, -0.25) is 14.4 Å². The van der Waals surface area contributed by atoms with Gasteiger partial charge in [-0.2, -0.15) is 0 Å². The Balaban J connectivity index is 1.59. The van der Waals surface area contributed by atoms with Gasteiger partial charge in [-0.05, 0) is 23.3 Å². The first-order valence-corrected chi connectivity index (χ1v) is 10.1. The number of rotatable bonds is 7. The fourth-order valence-electron chi connectivity index (χ4n) is 3.76. The van der Waals surface area contributed by atoms with Crippen molar-refractivity contribution >= 4 is 17.7 Å². The third-order valence-electron chi connectivity index (χ3n) is 5.63. The standard InChI is InChI=1S/C23H25F2N3O4/c1-14(29)28-11-18(19(12-28)23(26)31)16-5-3-15(4-6-16)10-27(2)22(30)13-32-21-8-7-17(24)9-20(21)25/h3-9,18-19H,10-13H2,1-2H3,(H2,26,31)/t18-,19+/m1/s1. The summed E-state index contributed by atoms with van der Waals surface area (Å²) in [6.07, 6.45) is 0. The van der Waals surface area contributed by atoms with Crippen LogP contribution in [-0.4, -0.2) is 54.3 Å². The summed E-state index contributed by atoms with van der Waals surface area (Å²) in [6, 6.07) is 10.3. The minimum Gasteiger partial charge on any atom is -0.481 e. The third kappa shape index (κ3) is 5.40. The van der Waals surface area contributed by atoms with E-state index in [0.29, 0.717) is 19.2 Å². The van der Waals surface area contributed by atoms with Crippen LogP contribution >= 0.6 is 0 Å². The van der Waals surface area contributed by atoms with Gasteiger partial charge < -0.3 is 20.3 Å². The molecule has 2 aromatic rings. The van der Waals surface area contributed by atoms with E-state index in [-0.39, 0.29) is 36.6 Å². The van der Waals surface area contributed by atoms with Crippen LogP contribution < -0.4 is 10.5 Å². The van der Waals surface area contributed by atoms with E-state index in [4.69, 9.17) is 10.5 Å². The number of likely N-dealkylation sites (tertiary alicyclic amines) is 1. The molecule has 1 saturated heterocycles. The summed E-state index contributed by atoms with van der Waals surface area (Å²) in [5.41, 5.74) is 7.27. The lowest BCUT2D eigenvalue weighted by atomic mass is 9.88. The van der Waals surface area contributed by atoms with Gasteiger partial charge in [0.15, 0.2) is 18.2 Å². The number of carbonyl (C=O) groups is 3. The molecule has 7 nitrogen and oxygen atoms in total. The Morgan fingerprint density at radius 2 is 1.81 bits per heavy atom. The summed E-state index contributed by atoms with van der Waals surface area (Å²) in [4.78, 5) is 38.9. The molecule has 0 aliphatic carbocycles. The van der Waals surface area contributed by atoms with Crippen molar-refractivity contribution in [2.45, 2.75) is 19.4 Å². The third-order valence-corrected chi connectivity index (χ3v) is 5.63. The number of hydrogen-bond donors (Lipinski definition) is 1. The zero-order chi connectivity index (χ0) is 23.4. The molecular weight excluding hydrogens is 420 g/mol. The lowest BCUT2D eigenvalue weighted by Crippen LogP contribution is -2.31. The zero-order valence-electron chi connectivity index (χ0n) is 17.9. The Bertz CT molecular complexity index is 1010. The maximum Gasteiger partial charge on any atom is 0.260 e. The van der Waals surface area contributed by atoms with Crippen molar-refractivity contribution in [1.29, 1.82) is 0 Å². The van der Waals surface area contributed by atoms with Gasteiger partial charge in [-0.15, -0.1) is 0 Å². The summed E-state index contributed by atoms with van der Waals surface area (Å²) < 4.78 is 31.7. The van der Waals surface area contributed by atoms with Crippen molar-refractivity contribution in [2.75, 3.05) is 26.7 Å². The molecule has 1 fully saturated rings. The van der Waals surface area contributed by atoms with Crippen molar-refractivity contribution in [3.63, 3.8) is 0 Å². The maximum absolute atomic E-state index is 13.6. The fraction of sp³-hybridized carbons (Fsp3) is 0.348. The SMILES string of the molecule is CC(=O)N1C[C@H](C(N)=O)[C@@H](c2ccc(CN(C)C(=O)COc3ccc(F)cc3F)cc2)C1. The minimum atomic E-state index is -0.874. The van der Waals surface area contributed by atoms with Crippen LogP contribution in [0.25, 0.3) is 0 Å². The van der Waals surface area contributed by atoms with Gasteiger partial charge in [-0.25, -0.2) is 8.78 Å². The molecular formula is C23H25F2N3O4. The van der Waals surface area contributed by atoms with E-state index in [0.717, 1.165) is 23.3 Å². The number of hydrogen-bond acceptors (Lipinski definition) is 4. The van der Waals surface area contributed by atoms with E-state index in [1.807, 2.05) is 24.3 Å². The molecule has 3 amide bonds. The number of nitrogens with zero attached hydrogens (tertiary/aromatic N) is 2. The molecule has 0 radical (unpaired) electrons. The average molecular weight is 445 g/mol. The quantitative estimate of drug-likeness (QED) is 0.706. The summed E-state index contributed by atoms with van der Waals surface area (Å²) in [7, 11) is 1.59. The molecule has 170 valence electrons. The van der Waals surface area contributed by atoms with Crippen molar-refractivity contribution in [3.8, 4) is 5.75 Å². The highest BCUT2D eigenvalue weighted by atomic mass is 19.1. The number of halogens is 2. The topological polar surface area (TPSA) is 92.9 Å². The van der Waals surface area contributed by atoms with Crippen LogP contribution in [0.1, 0.15) is 24.0 Å². The van der Waals surface area contributed by atoms with E-state index >= 15 is 0 Å². The molecule has 0 unspecified atom stereocenters. The van der Waals surface area contributed by atoms with Crippen molar-refractivity contribution < 1.29 is 27.9 Å². The molecule has 3 rings (SSSR count). The Morgan fingerprint density at radius 1 is 1.12 bits per heavy atom. The minimum absolute atomic E-state index is 0.0988. The second kappa shape index (κ2) is 9.76. The van der Waals surface area contributed by atoms with Gasteiger partial charge in [0.05, 0.1) is 5.92 Å². The second-order valence-electron chi connectivity index (χ2n) is 7.89. The molecule has 2 aromatic carbocycles. The molecule has 2 N–H and O–H groups in total. The normalized spacial score (nSPS) is 17.8. The van der Waals surface area contributed by atoms with Crippen LogP contribution in [0.5, 0.6) is 5.75 Å². The Labute approximate surface area is 184 Å². The first kappa shape index (κ1) is 23.2. The van der Waals surface area contributed by atoms with Crippen LogP contribution in [0.2, 0.25) is 0 Å². The largest absolute Gasteiger partial charge is 0.481 e. The van der Waals surface area contributed by atoms with Crippen LogP contribution in [0.3, 0.4) is 0 Å². The van der Waals surface area contributed by atoms with Gasteiger partial charge in [0.1, 0.15) is 5.82 Å². The number of primary amides is 1. The molecule has 1 heterocycles. The van der Waals surface area contributed by atoms with Gasteiger partial charge in [0.2, 0.25) is 11.8 Å². The van der Waals surface area contributed by atoms with Gasteiger partial charge in [-0.1, -0.05) is 24.3 Å². The number of ether oxygens (including phenoxy) is 1. The number of nitrogens with two attached hydrogens (primary N) is 1. The van der Waals surface area contributed by atoms with Crippen LogP contribution in [0.4, 0.5) is 8.78 Å². The van der Waals surface area contributed by atoms with Crippen LogP contribution in [0.15, 0.2) is 42.5 Å². The fourth-order valence-corrected chi connectivity index (χ4v) is 3.76. The molecule has 32 heavy (non-hydrogen) atoms. The summed E-state index contributed by atoms with van der Waals surface area (Å²) in [5.74, 6) is -3.33. The number of amides is 3. The highest BCUT2D eigenvalue weighted by Crippen LogP contribution is 2.32. The van der Waals surface area contributed by atoms with Gasteiger partial charge in [0, 0.05) is 45.6 Å². The average Bonchev–Trinajstić information content (AvgIpc) is 3.19. The molecule has 0 saturated carbocycles. The maximum atomic E-state index is 13.6. The van der Waals surface area contributed by atoms with Gasteiger partial charge >= 0.3 is 0 Å². The van der Waals surface area contributed by atoms with Crippen LogP contribution in [-0.2, 0) is 20.9 Å². The Morgan fingerprint density at radius 3 is 2.41 bits per heavy atom. The lowest BCUT2D eigenvalue weighted by Gasteiger charge is -2.19. The summed E-state index contributed by atoms with van der Waals surface area (Å²) in [6.45, 7) is 2.10. The number of likely N-dealkylation sites (N-methyl/N-ethyl adjacent to an activating group) is 1. The molecule has 0 aromatic heterocycles. The zero-order valence-corrected chi connectivity index (χ0v) is 17.9. The Hall–Kier alpha value is -3.49. The summed E-state index contributed by atoms with van der Waals surface area (Å²) in [5, 5.41) is 0. The van der Waals surface area contributed by atoms with Crippen molar-refractivity contribution in [2.24, 2.45) is 11.7 Å². The van der Waals surface area contributed by atoms with E-state index < -0.39 is 23.5 Å². The first-order chi connectivity index (χ1) is 15.2. The molecule has 2 atom stereocenters. The monoisotopic (exact) mass is 445 g/mol. The highest BCUT2D eigenvalue weighted by molar-refractivity contribution is 5.81. The van der Waals surface area contributed by atoms with E-state index in [1.165, 1.54) is 11.8 Å². The second-order valence-corrected chi connectivity index (χ2v) is 7.89. The molecule has 0 spiro atoms. The molecule has 9 heteroatoms. The van der Waals surface area contributed by atoms with E-state index in [1.54, 1.807) is 11.9 Å². The Kier molecular flexibility index (Phi) is 7.07. The lowest BCUT2D eigenvalue weighted by molar-refractivity contribution is -0.132. The van der Waals surface area contributed by atoms with Gasteiger partial charge in [0.25, 0.3) is 5.91 Å². The molecule has 1 aliphatic rings. The summed E-state index contributed by atoms with van der Waals surface area (Å²) >= 11 is 0. The predicted octanol–water partition coefficient (Wildman–Crippen LogP) is 2.05. The smallest absolute Gasteiger partial charge is 0.260 e. The van der Waals surface area contributed by atoms with E-state index in [9.17, 15) is 23.2 Å². The predicted molar refractivity (Wildman–Crippen MR) is 112 cm³/mol. The van der Waals surface area contributed by atoms with E-state index in [2.05, 4.69) is 0 Å². The number of carbonyl (C=O) groups excluding carboxylic acids is 3. The molecule has 1 aliphatic heterocycles. The highest BCUT2D eigenvalue weighted by Gasteiger charge is 2.38. The van der Waals surface area contributed by atoms with Crippen molar-refractivity contribution in [3.05, 3.63) is 65.2 Å². The number of benzene rings is 2. The van der Waals surface area contributed by atoms with Crippen molar-refractivity contribution in [1.82, 2.24) is 9.80 Å².